The molecular weight excluding hydrogens is 262 g/mol. The first kappa shape index (κ1) is 14.1. The Morgan fingerprint density at radius 1 is 1.38 bits per heavy atom. The lowest BCUT2D eigenvalue weighted by Crippen LogP contribution is -2.29. The number of fused-ring (bicyclic) bond motifs is 1. The first-order chi connectivity index (χ1) is 10.3. The lowest BCUT2D eigenvalue weighted by atomic mass is 9.87. The van der Waals surface area contributed by atoms with E-state index in [0.717, 1.165) is 38.2 Å². The van der Waals surface area contributed by atoms with Gasteiger partial charge in [0.25, 0.3) is 0 Å². The second kappa shape index (κ2) is 6.31. The quantitative estimate of drug-likeness (QED) is 0.918. The molecule has 112 valence electrons. The maximum Gasteiger partial charge on any atom is 0.159 e. The number of ether oxygens (including phenoxy) is 1. The number of hydrogen-bond acceptors (Lipinski definition) is 3. The summed E-state index contributed by atoms with van der Waals surface area (Å²) in [6.07, 6.45) is 3.89. The fourth-order valence-corrected chi connectivity index (χ4v) is 3.17. The van der Waals surface area contributed by atoms with Crippen molar-refractivity contribution in [2.45, 2.75) is 38.8 Å². The Kier molecular flexibility index (Phi) is 4.25. The SMILES string of the molecule is CCCn1ncc(OC)c1CC1CNCc2ccccc21. The molecule has 1 aliphatic heterocycles. The van der Waals surface area contributed by atoms with Gasteiger partial charge in [-0.25, -0.2) is 0 Å². The van der Waals surface area contributed by atoms with E-state index >= 15 is 0 Å². The molecule has 0 saturated heterocycles. The summed E-state index contributed by atoms with van der Waals surface area (Å²) in [4.78, 5) is 0. The summed E-state index contributed by atoms with van der Waals surface area (Å²) in [5, 5.41) is 7.99. The average molecular weight is 285 g/mol. The Hall–Kier alpha value is -1.81. The molecule has 0 fully saturated rings. The van der Waals surface area contributed by atoms with Crippen LogP contribution in [0.4, 0.5) is 0 Å². The Bertz CT molecular complexity index is 606. The summed E-state index contributed by atoms with van der Waals surface area (Å²) in [5.41, 5.74) is 4.08. The van der Waals surface area contributed by atoms with E-state index in [-0.39, 0.29) is 0 Å². The van der Waals surface area contributed by atoms with Crippen LogP contribution in [0.2, 0.25) is 0 Å². The molecule has 2 heterocycles. The monoisotopic (exact) mass is 285 g/mol. The molecule has 1 aromatic carbocycles. The van der Waals surface area contributed by atoms with Crippen molar-refractivity contribution in [3.05, 3.63) is 47.3 Å². The van der Waals surface area contributed by atoms with Gasteiger partial charge in [0.05, 0.1) is 19.0 Å². The fraction of sp³-hybridized carbons (Fsp3) is 0.471. The van der Waals surface area contributed by atoms with Crippen LogP contribution in [-0.2, 0) is 19.5 Å². The maximum absolute atomic E-state index is 5.50. The van der Waals surface area contributed by atoms with Gasteiger partial charge in [-0.15, -0.1) is 0 Å². The minimum Gasteiger partial charge on any atom is -0.493 e. The lowest BCUT2D eigenvalue weighted by Gasteiger charge is -2.26. The molecule has 0 bridgehead atoms. The van der Waals surface area contributed by atoms with E-state index in [9.17, 15) is 0 Å². The number of hydrogen-bond donors (Lipinski definition) is 1. The first-order valence-electron chi connectivity index (χ1n) is 7.70. The zero-order valence-electron chi connectivity index (χ0n) is 12.8. The summed E-state index contributed by atoms with van der Waals surface area (Å²) < 4.78 is 7.59. The van der Waals surface area contributed by atoms with E-state index < -0.39 is 0 Å². The predicted octanol–water partition coefficient (Wildman–Crippen LogP) is 2.73. The Morgan fingerprint density at radius 3 is 3.05 bits per heavy atom. The molecule has 0 radical (unpaired) electrons. The highest BCUT2D eigenvalue weighted by Gasteiger charge is 2.23. The minimum atomic E-state index is 0.483. The van der Waals surface area contributed by atoms with Crippen molar-refractivity contribution in [2.75, 3.05) is 13.7 Å². The molecule has 21 heavy (non-hydrogen) atoms. The largest absolute Gasteiger partial charge is 0.493 e. The number of aromatic nitrogens is 2. The van der Waals surface area contributed by atoms with Crippen LogP contribution >= 0.6 is 0 Å². The molecule has 0 amide bonds. The number of nitrogens with one attached hydrogen (secondary N) is 1. The van der Waals surface area contributed by atoms with Crippen LogP contribution in [0.15, 0.2) is 30.5 Å². The van der Waals surface area contributed by atoms with E-state index in [1.165, 1.54) is 16.8 Å². The van der Waals surface area contributed by atoms with Gasteiger partial charge >= 0.3 is 0 Å². The van der Waals surface area contributed by atoms with Crippen molar-refractivity contribution in [3.63, 3.8) is 0 Å². The highest BCUT2D eigenvalue weighted by atomic mass is 16.5. The van der Waals surface area contributed by atoms with E-state index in [1.807, 2.05) is 6.20 Å². The maximum atomic E-state index is 5.50. The number of benzene rings is 1. The summed E-state index contributed by atoms with van der Waals surface area (Å²) >= 11 is 0. The van der Waals surface area contributed by atoms with Crippen LogP contribution in [-0.4, -0.2) is 23.4 Å². The number of rotatable bonds is 5. The van der Waals surface area contributed by atoms with Gasteiger partial charge in [0.1, 0.15) is 0 Å². The zero-order chi connectivity index (χ0) is 14.7. The van der Waals surface area contributed by atoms with Crippen LogP contribution in [0.1, 0.15) is 36.1 Å². The van der Waals surface area contributed by atoms with Crippen LogP contribution in [0, 0.1) is 0 Å². The van der Waals surface area contributed by atoms with Crippen molar-refractivity contribution in [2.24, 2.45) is 0 Å². The molecule has 1 atom stereocenters. The highest BCUT2D eigenvalue weighted by molar-refractivity contribution is 5.35. The van der Waals surface area contributed by atoms with E-state index in [1.54, 1.807) is 7.11 Å². The zero-order valence-corrected chi connectivity index (χ0v) is 12.8. The highest BCUT2D eigenvalue weighted by Crippen LogP contribution is 2.30. The van der Waals surface area contributed by atoms with Gasteiger partial charge in [0, 0.05) is 32.0 Å². The summed E-state index contributed by atoms with van der Waals surface area (Å²) in [7, 11) is 1.73. The first-order valence-corrected chi connectivity index (χ1v) is 7.70. The molecule has 0 aliphatic carbocycles. The Labute approximate surface area is 126 Å². The van der Waals surface area contributed by atoms with Gasteiger partial charge in [0.2, 0.25) is 0 Å². The fourth-order valence-electron chi connectivity index (χ4n) is 3.17. The van der Waals surface area contributed by atoms with E-state index in [2.05, 4.69) is 46.3 Å². The molecular formula is C17H23N3O. The molecule has 1 aliphatic rings. The van der Waals surface area contributed by atoms with Gasteiger partial charge in [-0.1, -0.05) is 31.2 Å². The molecule has 1 unspecified atom stereocenters. The third-order valence-corrected chi connectivity index (χ3v) is 4.21. The number of methoxy groups -OCH3 is 1. The normalized spacial score (nSPS) is 17.5. The second-order valence-corrected chi connectivity index (χ2v) is 5.61. The molecule has 0 spiro atoms. The van der Waals surface area contributed by atoms with Gasteiger partial charge in [0.15, 0.2) is 5.75 Å². The van der Waals surface area contributed by atoms with Crippen molar-refractivity contribution < 1.29 is 4.74 Å². The summed E-state index contributed by atoms with van der Waals surface area (Å²) in [6.45, 7) is 5.10. The van der Waals surface area contributed by atoms with Gasteiger partial charge in [-0.2, -0.15) is 5.10 Å². The molecule has 0 saturated carbocycles. The van der Waals surface area contributed by atoms with E-state index in [0.29, 0.717) is 5.92 Å². The topological polar surface area (TPSA) is 39.1 Å². The molecule has 1 aromatic heterocycles. The number of aryl methyl sites for hydroxylation is 1. The average Bonchev–Trinajstić information content (AvgIpc) is 2.90. The molecule has 4 nitrogen and oxygen atoms in total. The molecule has 4 heteroatoms. The van der Waals surface area contributed by atoms with Gasteiger partial charge in [-0.05, 0) is 17.5 Å². The van der Waals surface area contributed by atoms with Crippen LogP contribution < -0.4 is 10.1 Å². The standard InChI is InChI=1S/C17H23N3O/c1-3-8-20-16(17(21-2)12-19-20)9-14-11-18-10-13-6-4-5-7-15(13)14/h4-7,12,14,18H,3,8-11H2,1-2H3. The van der Waals surface area contributed by atoms with Gasteiger partial charge < -0.3 is 10.1 Å². The van der Waals surface area contributed by atoms with Gasteiger partial charge in [-0.3, -0.25) is 4.68 Å². The van der Waals surface area contributed by atoms with Crippen LogP contribution in [0.3, 0.4) is 0 Å². The minimum absolute atomic E-state index is 0.483. The smallest absolute Gasteiger partial charge is 0.159 e. The van der Waals surface area contributed by atoms with Crippen molar-refractivity contribution in [3.8, 4) is 5.75 Å². The Morgan fingerprint density at radius 2 is 2.24 bits per heavy atom. The molecule has 1 N–H and O–H groups in total. The van der Waals surface area contributed by atoms with Crippen molar-refractivity contribution in [1.82, 2.24) is 15.1 Å². The summed E-state index contributed by atoms with van der Waals surface area (Å²) in [5.74, 6) is 1.39. The molecule has 2 aromatic rings. The second-order valence-electron chi connectivity index (χ2n) is 5.61. The Balaban J connectivity index is 1.89. The van der Waals surface area contributed by atoms with E-state index in [4.69, 9.17) is 4.74 Å². The van der Waals surface area contributed by atoms with Crippen molar-refractivity contribution in [1.29, 1.82) is 0 Å². The van der Waals surface area contributed by atoms with Crippen LogP contribution in [0.5, 0.6) is 5.75 Å². The van der Waals surface area contributed by atoms with Crippen LogP contribution in [0.25, 0.3) is 0 Å². The number of nitrogens with zero attached hydrogens (tertiary/aromatic N) is 2. The summed E-state index contributed by atoms with van der Waals surface area (Å²) in [6, 6.07) is 8.73. The lowest BCUT2D eigenvalue weighted by molar-refractivity contribution is 0.402. The van der Waals surface area contributed by atoms with Crippen molar-refractivity contribution >= 4 is 0 Å². The molecule has 3 rings (SSSR count). The predicted molar refractivity (Wildman–Crippen MR) is 83.7 cm³/mol. The third kappa shape index (κ3) is 2.81. The third-order valence-electron chi connectivity index (χ3n) is 4.21.